The number of ether oxygens (including phenoxy) is 4. The Bertz CT molecular complexity index is 1220. The van der Waals surface area contributed by atoms with Crippen molar-refractivity contribution in [3.05, 3.63) is 0 Å². The van der Waals surface area contributed by atoms with Gasteiger partial charge in [0.15, 0.2) is 12.6 Å². The minimum Gasteiger partial charge on any atom is -0.394 e. The highest BCUT2D eigenvalue weighted by Crippen LogP contribution is 2.36. The van der Waals surface area contributed by atoms with Crippen molar-refractivity contribution in [3.8, 4) is 0 Å². The quantitative estimate of drug-likeness (QED) is 0.0262. The first kappa shape index (κ1) is 60.6. The molecule has 390 valence electrons. The molecule has 2 rings (SSSR count). The molecule has 16 heteroatoms. The van der Waals surface area contributed by atoms with Gasteiger partial charge in [-0.05, 0) is 12.8 Å². The lowest BCUT2D eigenvalue weighted by molar-refractivity contribution is -0.430. The first-order valence-electron chi connectivity index (χ1n) is 26.4. The molecule has 12 atom stereocenters. The Kier molecular flexibility index (Phi) is 33.4. The minimum absolute atomic E-state index is 0.249. The van der Waals surface area contributed by atoms with E-state index >= 15 is 0 Å². The largest absolute Gasteiger partial charge is 0.394 e. The number of aliphatic hydroxyl groups is 8. The molecule has 0 saturated carbocycles. The molecule has 2 aliphatic rings. The number of hydrogen-bond donors (Lipinski definition) is 10. The van der Waals surface area contributed by atoms with Crippen LogP contribution < -0.4 is 10.6 Å². The van der Waals surface area contributed by atoms with E-state index in [1.165, 1.54) is 128 Å². The van der Waals surface area contributed by atoms with Crippen molar-refractivity contribution in [2.24, 2.45) is 0 Å². The summed E-state index contributed by atoms with van der Waals surface area (Å²) in [7, 11) is 0. The van der Waals surface area contributed by atoms with Gasteiger partial charge in [0.2, 0.25) is 17.6 Å². The number of unbranched alkanes of at least 4 members (excludes halogenated alkanes) is 26. The van der Waals surface area contributed by atoms with E-state index in [9.17, 15) is 50.4 Å². The van der Waals surface area contributed by atoms with Crippen LogP contribution in [0, 0.1) is 0 Å². The lowest BCUT2D eigenvalue weighted by Crippen LogP contribution is -2.74. The molecule has 0 aromatic carbocycles. The van der Waals surface area contributed by atoms with Gasteiger partial charge in [-0.25, -0.2) is 0 Å². The van der Waals surface area contributed by atoms with Gasteiger partial charge in [-0.15, -0.1) is 0 Å². The summed E-state index contributed by atoms with van der Waals surface area (Å²) in [6.07, 6.45) is 18.7. The SMILES string of the molecule is CCCCCCCCCCCCCCCCCC(=O)NC(CO[C@H]1O[C@H](CO)[C@@](O)(O[C@@H]2O[C@H](CO)[C@H](O)[C@H](O)[C@H]2O)[C@H](O)[C@H]1NC(C)=O)C(O)CCCCCCCCCCCCCCC. The fraction of sp³-hybridized carbons (Fsp3) is 0.960. The molecule has 2 amide bonds. The summed E-state index contributed by atoms with van der Waals surface area (Å²) in [5.41, 5.74) is 0. The van der Waals surface area contributed by atoms with Crippen LogP contribution in [0.25, 0.3) is 0 Å². The Morgan fingerprint density at radius 1 is 0.606 bits per heavy atom. The van der Waals surface area contributed by atoms with Crippen LogP contribution in [0.3, 0.4) is 0 Å². The van der Waals surface area contributed by atoms with E-state index in [0.717, 1.165) is 51.9 Å². The van der Waals surface area contributed by atoms with Gasteiger partial charge < -0.3 is 70.4 Å². The number of carbonyl (C=O) groups is 2. The van der Waals surface area contributed by atoms with Crippen molar-refractivity contribution in [1.82, 2.24) is 10.6 Å². The molecule has 2 heterocycles. The van der Waals surface area contributed by atoms with Crippen molar-refractivity contribution >= 4 is 11.8 Å². The van der Waals surface area contributed by atoms with Crippen LogP contribution in [0.15, 0.2) is 0 Å². The highest BCUT2D eigenvalue weighted by Gasteiger charge is 2.60. The van der Waals surface area contributed by atoms with Crippen LogP contribution >= 0.6 is 0 Å². The maximum Gasteiger partial charge on any atom is 0.226 e. The molecule has 0 spiro atoms. The summed E-state index contributed by atoms with van der Waals surface area (Å²) in [5, 5.41) is 91.2. The Morgan fingerprint density at radius 2 is 1.06 bits per heavy atom. The highest BCUT2D eigenvalue weighted by molar-refractivity contribution is 5.76. The zero-order valence-corrected chi connectivity index (χ0v) is 41.2. The molecule has 2 fully saturated rings. The molecule has 0 aliphatic carbocycles. The van der Waals surface area contributed by atoms with Crippen molar-refractivity contribution in [1.29, 1.82) is 0 Å². The fourth-order valence-corrected chi connectivity index (χ4v) is 9.09. The predicted octanol–water partition coefficient (Wildman–Crippen LogP) is 5.68. The summed E-state index contributed by atoms with van der Waals surface area (Å²) < 4.78 is 22.9. The van der Waals surface area contributed by atoms with Gasteiger partial charge in [-0.1, -0.05) is 187 Å². The van der Waals surface area contributed by atoms with Gasteiger partial charge in [0, 0.05) is 13.3 Å². The molecule has 0 aromatic heterocycles. The van der Waals surface area contributed by atoms with E-state index in [0.29, 0.717) is 12.8 Å². The second-order valence-electron chi connectivity index (χ2n) is 19.2. The smallest absolute Gasteiger partial charge is 0.226 e. The molecule has 16 nitrogen and oxygen atoms in total. The predicted molar refractivity (Wildman–Crippen MR) is 253 cm³/mol. The number of rotatable bonds is 40. The van der Waals surface area contributed by atoms with Gasteiger partial charge in [-0.3, -0.25) is 9.59 Å². The summed E-state index contributed by atoms with van der Waals surface area (Å²) in [6, 6.07) is -2.46. The number of carbonyl (C=O) groups excluding carboxylic acids is 2. The third kappa shape index (κ3) is 23.4. The summed E-state index contributed by atoms with van der Waals surface area (Å²) in [6.45, 7) is 3.55. The van der Waals surface area contributed by atoms with Gasteiger partial charge in [-0.2, -0.15) is 0 Å². The van der Waals surface area contributed by atoms with E-state index in [4.69, 9.17) is 18.9 Å². The second kappa shape index (κ2) is 36.4. The number of nitrogens with one attached hydrogen (secondary N) is 2. The summed E-state index contributed by atoms with van der Waals surface area (Å²) in [5.74, 6) is -3.81. The van der Waals surface area contributed by atoms with Gasteiger partial charge in [0.25, 0.3) is 0 Å². The lowest BCUT2D eigenvalue weighted by Gasteiger charge is -2.51. The lowest BCUT2D eigenvalue weighted by atomic mass is 9.92. The Labute approximate surface area is 397 Å². The van der Waals surface area contributed by atoms with Gasteiger partial charge >= 0.3 is 0 Å². The summed E-state index contributed by atoms with van der Waals surface area (Å²) in [4.78, 5) is 25.7. The molecule has 66 heavy (non-hydrogen) atoms. The summed E-state index contributed by atoms with van der Waals surface area (Å²) >= 11 is 0. The zero-order chi connectivity index (χ0) is 48.6. The second-order valence-corrected chi connectivity index (χ2v) is 19.2. The molecule has 2 aliphatic heterocycles. The standard InChI is InChI=1S/C50H96N2O14/c1-4-6-8-10-12-14-16-18-19-21-23-25-27-29-31-33-42(57)52-38(39(56)32-30-28-26-24-22-20-17-15-13-11-9-7-5-2)36-63-48-43(51-37(3)55)47(61)50(62,41(35-54)65-48)66-49-46(60)45(59)44(58)40(34-53)64-49/h38-41,43-49,53-54,56,58-62H,4-36H2,1-3H3,(H,51,55)(H,52,57)/t38?,39?,40-,41-,43-,44+,45+,46-,47-,48+,49+,50-/m1/s1. The molecular formula is C50H96N2O14. The average Bonchev–Trinajstić information content (AvgIpc) is 3.30. The zero-order valence-electron chi connectivity index (χ0n) is 41.2. The van der Waals surface area contributed by atoms with E-state index in [1.54, 1.807) is 0 Å². The first-order valence-corrected chi connectivity index (χ1v) is 26.4. The Balaban J connectivity index is 1.98. The molecule has 0 radical (unpaired) electrons. The van der Waals surface area contributed by atoms with Crippen molar-refractivity contribution in [2.75, 3.05) is 19.8 Å². The van der Waals surface area contributed by atoms with Crippen molar-refractivity contribution in [3.63, 3.8) is 0 Å². The minimum atomic E-state index is -2.90. The Hall–Kier alpha value is -1.54. The molecular weight excluding hydrogens is 853 g/mol. The van der Waals surface area contributed by atoms with Crippen molar-refractivity contribution in [2.45, 2.75) is 287 Å². The van der Waals surface area contributed by atoms with Crippen LogP contribution in [0.2, 0.25) is 0 Å². The van der Waals surface area contributed by atoms with Crippen LogP contribution in [0.5, 0.6) is 0 Å². The van der Waals surface area contributed by atoms with E-state index in [1.807, 2.05) is 0 Å². The van der Waals surface area contributed by atoms with Crippen LogP contribution in [-0.4, -0.2) is 146 Å². The van der Waals surface area contributed by atoms with E-state index in [2.05, 4.69) is 24.5 Å². The number of aliphatic hydroxyl groups excluding tert-OH is 7. The maximum absolute atomic E-state index is 13.3. The van der Waals surface area contributed by atoms with Crippen LogP contribution in [0.4, 0.5) is 0 Å². The van der Waals surface area contributed by atoms with Gasteiger partial charge in [0.1, 0.15) is 42.7 Å². The van der Waals surface area contributed by atoms with E-state index in [-0.39, 0.29) is 18.9 Å². The van der Waals surface area contributed by atoms with E-state index < -0.39 is 92.3 Å². The monoisotopic (exact) mass is 949 g/mol. The first-order chi connectivity index (χ1) is 31.8. The molecule has 0 bridgehead atoms. The van der Waals surface area contributed by atoms with Crippen LogP contribution in [-0.2, 0) is 28.5 Å². The van der Waals surface area contributed by atoms with Crippen molar-refractivity contribution < 1.29 is 69.4 Å². The fourth-order valence-electron chi connectivity index (χ4n) is 9.09. The Morgan fingerprint density at radius 3 is 1.50 bits per heavy atom. The molecule has 10 N–H and O–H groups in total. The van der Waals surface area contributed by atoms with Gasteiger partial charge in [0.05, 0.1) is 32.0 Å². The third-order valence-electron chi connectivity index (χ3n) is 13.4. The maximum atomic E-state index is 13.3. The van der Waals surface area contributed by atoms with Crippen LogP contribution in [0.1, 0.15) is 213 Å². The molecule has 2 unspecified atom stereocenters. The highest BCUT2D eigenvalue weighted by atomic mass is 16.8. The number of amides is 2. The normalized spacial score (nSPS) is 27.7. The average molecular weight is 949 g/mol. The number of hydrogen-bond acceptors (Lipinski definition) is 14. The molecule has 2 saturated heterocycles. The topological polar surface area (TPSA) is 257 Å². The molecule has 0 aromatic rings. The third-order valence-corrected chi connectivity index (χ3v) is 13.4.